The van der Waals surface area contributed by atoms with E-state index in [1.165, 1.54) is 0 Å². The van der Waals surface area contributed by atoms with E-state index in [4.69, 9.17) is 5.73 Å². The van der Waals surface area contributed by atoms with Crippen molar-refractivity contribution in [3.63, 3.8) is 0 Å². The summed E-state index contributed by atoms with van der Waals surface area (Å²) in [5, 5.41) is 12.3. The number of urea groups is 1. The molecule has 0 bridgehead atoms. The summed E-state index contributed by atoms with van der Waals surface area (Å²) in [5.41, 5.74) is 6.07. The zero-order valence-corrected chi connectivity index (χ0v) is 12.3. The number of nitrogens with two attached hydrogens (primary N) is 1. The monoisotopic (exact) mass is 291 g/mol. The zero-order valence-electron chi connectivity index (χ0n) is 12.3. The van der Waals surface area contributed by atoms with Crippen LogP contribution in [0.2, 0.25) is 0 Å². The van der Waals surface area contributed by atoms with Gasteiger partial charge in [0.2, 0.25) is 5.91 Å². The third kappa shape index (κ3) is 3.33. The summed E-state index contributed by atoms with van der Waals surface area (Å²) in [7, 11) is 0. The van der Waals surface area contributed by atoms with Gasteiger partial charge >= 0.3 is 6.03 Å². The van der Waals surface area contributed by atoms with Gasteiger partial charge in [-0.05, 0) is 38.0 Å². The van der Waals surface area contributed by atoms with Crippen LogP contribution in [0, 0.1) is 5.41 Å². The van der Waals surface area contributed by atoms with Crippen LogP contribution in [0.4, 0.5) is 10.5 Å². The summed E-state index contributed by atoms with van der Waals surface area (Å²) in [6, 6.07) is 6.79. The Morgan fingerprint density at radius 2 is 2.19 bits per heavy atom. The highest BCUT2D eigenvalue weighted by atomic mass is 16.3. The summed E-state index contributed by atoms with van der Waals surface area (Å²) in [6.07, 6.45) is -0.0180. The molecule has 1 fully saturated rings. The second-order valence-corrected chi connectivity index (χ2v) is 5.83. The Labute approximate surface area is 123 Å². The number of aliphatic hydroxyl groups excluding tert-OH is 1. The Hall–Kier alpha value is -2.08. The number of hydrogen-bond donors (Lipinski definition) is 3. The fourth-order valence-corrected chi connectivity index (χ4v) is 2.41. The third-order valence-corrected chi connectivity index (χ3v) is 3.98. The molecule has 1 aliphatic heterocycles. The molecule has 21 heavy (non-hydrogen) atoms. The van der Waals surface area contributed by atoms with E-state index in [0.29, 0.717) is 25.2 Å². The van der Waals surface area contributed by atoms with E-state index < -0.39 is 11.5 Å². The minimum absolute atomic E-state index is 0.261. The Morgan fingerprint density at radius 3 is 2.76 bits per heavy atom. The number of likely N-dealkylation sites (tertiary alicyclic amines) is 1. The van der Waals surface area contributed by atoms with Crippen molar-refractivity contribution in [3.8, 4) is 0 Å². The number of amides is 3. The van der Waals surface area contributed by atoms with E-state index in [-0.39, 0.29) is 11.9 Å². The molecular formula is C15H21N3O3. The van der Waals surface area contributed by atoms with Crippen LogP contribution >= 0.6 is 0 Å². The predicted octanol–water partition coefficient (Wildman–Crippen LogP) is 1.47. The van der Waals surface area contributed by atoms with Crippen LogP contribution in [0.15, 0.2) is 24.3 Å². The van der Waals surface area contributed by atoms with Crippen molar-refractivity contribution in [2.75, 3.05) is 18.4 Å². The maximum atomic E-state index is 12.2. The lowest BCUT2D eigenvalue weighted by atomic mass is 9.89. The topological polar surface area (TPSA) is 95.7 Å². The minimum Gasteiger partial charge on any atom is -0.389 e. The molecule has 2 atom stereocenters. The SMILES string of the molecule is CC(O)c1cccc(NC(=O)N2CCC(C)(C(N)=O)C2)c1. The molecule has 1 aromatic rings. The van der Waals surface area contributed by atoms with Crippen molar-refractivity contribution in [1.29, 1.82) is 0 Å². The highest BCUT2D eigenvalue weighted by Crippen LogP contribution is 2.29. The molecule has 114 valence electrons. The summed E-state index contributed by atoms with van der Waals surface area (Å²) >= 11 is 0. The molecule has 2 unspecified atom stereocenters. The molecule has 4 N–H and O–H groups in total. The van der Waals surface area contributed by atoms with Gasteiger partial charge in [0.15, 0.2) is 0 Å². The summed E-state index contributed by atoms with van der Waals surface area (Å²) < 4.78 is 0. The Bertz CT molecular complexity index is 559. The minimum atomic E-state index is -0.654. The van der Waals surface area contributed by atoms with Crippen LogP contribution in [-0.2, 0) is 4.79 Å². The van der Waals surface area contributed by atoms with Gasteiger partial charge in [0.25, 0.3) is 0 Å². The third-order valence-electron chi connectivity index (χ3n) is 3.98. The van der Waals surface area contributed by atoms with Gasteiger partial charge in [-0.3, -0.25) is 4.79 Å². The molecule has 0 aliphatic carbocycles. The lowest BCUT2D eigenvalue weighted by Crippen LogP contribution is -2.40. The quantitative estimate of drug-likeness (QED) is 0.787. The molecule has 6 heteroatoms. The van der Waals surface area contributed by atoms with Gasteiger partial charge in [0.05, 0.1) is 11.5 Å². The molecule has 0 aromatic heterocycles. The maximum absolute atomic E-state index is 12.2. The van der Waals surface area contributed by atoms with Crippen LogP contribution in [0.25, 0.3) is 0 Å². The summed E-state index contributed by atoms with van der Waals surface area (Å²) in [4.78, 5) is 25.2. The Balaban J connectivity index is 2.03. The molecule has 3 amide bonds. The number of nitrogens with zero attached hydrogens (tertiary/aromatic N) is 1. The number of hydrogen-bond acceptors (Lipinski definition) is 3. The standard InChI is InChI=1S/C15H21N3O3/c1-10(19)11-4-3-5-12(8-11)17-14(21)18-7-6-15(2,9-18)13(16)20/h3-5,8,10,19H,6-7,9H2,1-2H3,(H2,16,20)(H,17,21). The van der Waals surface area contributed by atoms with Crippen molar-refractivity contribution in [2.24, 2.45) is 11.1 Å². The largest absolute Gasteiger partial charge is 0.389 e. The molecule has 1 aromatic carbocycles. The lowest BCUT2D eigenvalue weighted by Gasteiger charge is -2.21. The molecule has 1 aliphatic rings. The van der Waals surface area contributed by atoms with E-state index in [0.717, 1.165) is 5.56 Å². The van der Waals surface area contributed by atoms with Crippen molar-refractivity contribution < 1.29 is 14.7 Å². The fourth-order valence-electron chi connectivity index (χ4n) is 2.41. The van der Waals surface area contributed by atoms with E-state index >= 15 is 0 Å². The van der Waals surface area contributed by atoms with Crippen LogP contribution in [-0.4, -0.2) is 35.0 Å². The van der Waals surface area contributed by atoms with Crippen molar-refractivity contribution >= 4 is 17.6 Å². The van der Waals surface area contributed by atoms with Crippen molar-refractivity contribution in [3.05, 3.63) is 29.8 Å². The first-order valence-electron chi connectivity index (χ1n) is 6.96. The number of carbonyl (C=O) groups is 2. The van der Waals surface area contributed by atoms with Gasteiger partial charge < -0.3 is 21.1 Å². The summed E-state index contributed by atoms with van der Waals surface area (Å²) in [6.45, 7) is 4.27. The number of aliphatic hydroxyl groups is 1. The smallest absolute Gasteiger partial charge is 0.321 e. The van der Waals surface area contributed by atoms with Gasteiger partial charge in [-0.15, -0.1) is 0 Å². The van der Waals surface area contributed by atoms with Gasteiger partial charge in [-0.25, -0.2) is 4.79 Å². The van der Waals surface area contributed by atoms with E-state index in [2.05, 4.69) is 5.32 Å². The molecule has 1 heterocycles. The normalized spacial score (nSPS) is 22.9. The van der Waals surface area contributed by atoms with Gasteiger partial charge in [-0.2, -0.15) is 0 Å². The Morgan fingerprint density at radius 1 is 1.48 bits per heavy atom. The number of primary amides is 1. The highest BCUT2D eigenvalue weighted by Gasteiger charge is 2.40. The molecule has 2 rings (SSSR count). The van der Waals surface area contributed by atoms with E-state index in [9.17, 15) is 14.7 Å². The molecule has 0 radical (unpaired) electrons. The Kier molecular flexibility index (Phi) is 4.18. The number of benzene rings is 1. The van der Waals surface area contributed by atoms with Gasteiger partial charge in [-0.1, -0.05) is 12.1 Å². The second-order valence-electron chi connectivity index (χ2n) is 5.83. The summed E-state index contributed by atoms with van der Waals surface area (Å²) in [5.74, 6) is -0.381. The van der Waals surface area contributed by atoms with E-state index in [1.807, 2.05) is 0 Å². The number of nitrogens with one attached hydrogen (secondary N) is 1. The highest BCUT2D eigenvalue weighted by molar-refractivity contribution is 5.91. The van der Waals surface area contributed by atoms with Crippen LogP contribution in [0.3, 0.4) is 0 Å². The zero-order chi connectivity index (χ0) is 15.6. The maximum Gasteiger partial charge on any atom is 0.321 e. The van der Waals surface area contributed by atoms with Gasteiger partial charge in [0, 0.05) is 18.8 Å². The van der Waals surface area contributed by atoms with Crippen molar-refractivity contribution in [1.82, 2.24) is 4.90 Å². The van der Waals surface area contributed by atoms with E-state index in [1.54, 1.807) is 43.0 Å². The number of rotatable bonds is 3. The van der Waals surface area contributed by atoms with Crippen LogP contribution in [0.5, 0.6) is 0 Å². The van der Waals surface area contributed by atoms with Crippen LogP contribution in [0.1, 0.15) is 31.9 Å². The van der Waals surface area contributed by atoms with Crippen LogP contribution < -0.4 is 11.1 Å². The molecule has 6 nitrogen and oxygen atoms in total. The first-order chi connectivity index (χ1) is 9.82. The first-order valence-corrected chi connectivity index (χ1v) is 6.96. The molecule has 0 spiro atoms. The number of anilines is 1. The fraction of sp³-hybridized carbons (Fsp3) is 0.467. The second kappa shape index (κ2) is 5.73. The average molecular weight is 291 g/mol. The molecule has 1 saturated heterocycles. The molecular weight excluding hydrogens is 270 g/mol. The lowest BCUT2D eigenvalue weighted by molar-refractivity contribution is -0.126. The first kappa shape index (κ1) is 15.3. The average Bonchev–Trinajstić information content (AvgIpc) is 2.83. The van der Waals surface area contributed by atoms with Gasteiger partial charge in [0.1, 0.15) is 0 Å². The predicted molar refractivity (Wildman–Crippen MR) is 79.6 cm³/mol. The van der Waals surface area contributed by atoms with Crippen molar-refractivity contribution in [2.45, 2.75) is 26.4 Å². The number of carbonyl (C=O) groups excluding carboxylic acids is 2. The molecule has 0 saturated carbocycles.